The summed E-state index contributed by atoms with van der Waals surface area (Å²) in [6.07, 6.45) is 8.25. The Morgan fingerprint density at radius 2 is 2.00 bits per heavy atom. The first-order valence-corrected chi connectivity index (χ1v) is 10.7. The largest absolute Gasteiger partial charge is 0.351 e. The zero-order chi connectivity index (χ0) is 20.9. The van der Waals surface area contributed by atoms with Gasteiger partial charge in [0.1, 0.15) is 5.02 Å². The minimum atomic E-state index is -0.128. The first-order chi connectivity index (χ1) is 14.4. The minimum Gasteiger partial charge on any atom is -0.351 e. The van der Waals surface area contributed by atoms with Crippen molar-refractivity contribution < 1.29 is 0 Å². The molecule has 10 heteroatoms. The molecule has 2 aliphatic heterocycles. The molecule has 2 aromatic heterocycles. The van der Waals surface area contributed by atoms with Gasteiger partial charge in [0.05, 0.1) is 36.1 Å². The van der Waals surface area contributed by atoms with Gasteiger partial charge in [-0.2, -0.15) is 15.3 Å². The summed E-state index contributed by atoms with van der Waals surface area (Å²) in [5.41, 5.74) is 1.02. The van der Waals surface area contributed by atoms with Crippen molar-refractivity contribution in [1.82, 2.24) is 29.5 Å². The maximum atomic E-state index is 9.54. The Kier molecular flexibility index (Phi) is 4.61. The maximum absolute atomic E-state index is 9.54. The van der Waals surface area contributed by atoms with E-state index in [4.69, 9.17) is 11.6 Å². The van der Waals surface area contributed by atoms with Crippen LogP contribution in [0.5, 0.6) is 0 Å². The molecule has 30 heavy (non-hydrogen) atoms. The number of rotatable bonds is 5. The highest BCUT2D eigenvalue weighted by Gasteiger charge is 2.56. The Morgan fingerprint density at radius 3 is 2.67 bits per heavy atom. The Balaban J connectivity index is 1.33. The zero-order valence-corrected chi connectivity index (χ0v) is 18.1. The third-order valence-electron chi connectivity index (χ3n) is 6.86. The molecule has 1 saturated carbocycles. The van der Waals surface area contributed by atoms with E-state index in [-0.39, 0.29) is 5.54 Å². The fourth-order valence-electron chi connectivity index (χ4n) is 4.79. The third kappa shape index (κ3) is 3.29. The molecule has 9 nitrogen and oxygen atoms in total. The lowest BCUT2D eigenvalue weighted by atomic mass is 9.83. The maximum Gasteiger partial charge on any atom is 0.229 e. The van der Waals surface area contributed by atoms with Crippen molar-refractivity contribution in [3.63, 3.8) is 0 Å². The van der Waals surface area contributed by atoms with Crippen molar-refractivity contribution in [1.29, 1.82) is 5.26 Å². The summed E-state index contributed by atoms with van der Waals surface area (Å²) in [6.45, 7) is 4.61. The first-order valence-electron chi connectivity index (χ1n) is 10.3. The van der Waals surface area contributed by atoms with Crippen molar-refractivity contribution in [2.24, 2.45) is 7.05 Å². The molecule has 2 saturated heterocycles. The van der Waals surface area contributed by atoms with Gasteiger partial charge in [-0.15, -0.1) is 0 Å². The molecule has 4 heterocycles. The van der Waals surface area contributed by atoms with Gasteiger partial charge < -0.3 is 10.2 Å². The van der Waals surface area contributed by atoms with E-state index in [1.807, 2.05) is 13.2 Å². The van der Waals surface area contributed by atoms with Crippen LogP contribution in [0.25, 0.3) is 0 Å². The van der Waals surface area contributed by atoms with E-state index in [2.05, 4.69) is 48.2 Å². The predicted molar refractivity (Wildman–Crippen MR) is 115 cm³/mol. The second kappa shape index (κ2) is 7.08. The van der Waals surface area contributed by atoms with Gasteiger partial charge in [-0.1, -0.05) is 11.6 Å². The quantitative estimate of drug-likeness (QED) is 0.773. The second-order valence-corrected chi connectivity index (χ2v) is 9.28. The Hall–Kier alpha value is -2.41. The van der Waals surface area contributed by atoms with Crippen molar-refractivity contribution in [2.75, 3.05) is 50.0 Å². The number of hydrogen-bond donors (Lipinski definition) is 1. The highest BCUT2D eigenvalue weighted by atomic mass is 35.5. The Labute approximate surface area is 181 Å². The highest BCUT2D eigenvalue weighted by Crippen LogP contribution is 2.47. The van der Waals surface area contributed by atoms with Gasteiger partial charge in [0.15, 0.2) is 5.82 Å². The SMILES string of the molecule is CN1CCN(C2(CC#N)CN(c3nc(Nc4cnn(C)c4)ncc3Cl)C2)CC12CC2. The molecule has 1 spiro atoms. The summed E-state index contributed by atoms with van der Waals surface area (Å²) < 4.78 is 1.72. The van der Waals surface area contributed by atoms with Gasteiger partial charge in [0.2, 0.25) is 5.95 Å². The predicted octanol–water partition coefficient (Wildman–Crippen LogP) is 1.86. The molecule has 0 aromatic carbocycles. The van der Waals surface area contributed by atoms with Gasteiger partial charge in [-0.25, -0.2) is 4.98 Å². The lowest BCUT2D eigenvalue weighted by Crippen LogP contribution is -2.74. The lowest BCUT2D eigenvalue weighted by molar-refractivity contribution is -0.0134. The number of anilines is 3. The molecule has 1 N–H and O–H groups in total. The molecule has 3 fully saturated rings. The van der Waals surface area contributed by atoms with Crippen molar-refractivity contribution in [3.8, 4) is 6.07 Å². The summed E-state index contributed by atoms with van der Waals surface area (Å²) in [5.74, 6) is 1.19. The van der Waals surface area contributed by atoms with E-state index >= 15 is 0 Å². The number of nitrogens with one attached hydrogen (secondary N) is 1. The molecule has 0 amide bonds. The van der Waals surface area contributed by atoms with Crippen LogP contribution in [-0.2, 0) is 7.05 Å². The smallest absolute Gasteiger partial charge is 0.229 e. The molecule has 3 aliphatic rings. The molecule has 0 atom stereocenters. The van der Waals surface area contributed by atoms with Crippen LogP contribution in [0.1, 0.15) is 19.3 Å². The number of piperazine rings is 1. The Morgan fingerprint density at radius 1 is 1.20 bits per heavy atom. The molecule has 0 bridgehead atoms. The number of hydrogen-bond acceptors (Lipinski definition) is 8. The van der Waals surface area contributed by atoms with Crippen molar-refractivity contribution in [2.45, 2.75) is 30.3 Å². The molecule has 0 radical (unpaired) electrons. The summed E-state index contributed by atoms with van der Waals surface area (Å²) in [6, 6.07) is 2.43. The third-order valence-corrected chi connectivity index (χ3v) is 7.13. The van der Waals surface area contributed by atoms with Crippen LogP contribution >= 0.6 is 11.6 Å². The summed E-state index contributed by atoms with van der Waals surface area (Å²) in [7, 11) is 4.09. The molecule has 158 valence electrons. The molecular formula is C20H26ClN9. The Bertz CT molecular complexity index is 986. The van der Waals surface area contributed by atoms with Gasteiger partial charge in [0, 0.05) is 51.5 Å². The van der Waals surface area contributed by atoms with Crippen LogP contribution < -0.4 is 10.2 Å². The molecule has 0 unspecified atom stereocenters. The van der Waals surface area contributed by atoms with Crippen LogP contribution in [0.2, 0.25) is 5.02 Å². The van der Waals surface area contributed by atoms with Crippen molar-refractivity contribution in [3.05, 3.63) is 23.6 Å². The van der Waals surface area contributed by atoms with Gasteiger partial charge >= 0.3 is 0 Å². The fraction of sp³-hybridized carbons (Fsp3) is 0.600. The van der Waals surface area contributed by atoms with Gasteiger partial charge in [-0.3, -0.25) is 14.5 Å². The normalized spacial score (nSPS) is 22.5. The average molecular weight is 428 g/mol. The first kappa shape index (κ1) is 19.5. The van der Waals surface area contributed by atoms with Gasteiger partial charge in [0.25, 0.3) is 0 Å². The van der Waals surface area contributed by atoms with Crippen LogP contribution in [0.15, 0.2) is 18.6 Å². The van der Waals surface area contributed by atoms with E-state index < -0.39 is 0 Å². The standard InChI is InChI=1S/C20H26ClN9/c1-27-7-8-30(14-19(27)3-4-19)20(5-6-22)12-29(13-20)17-16(21)10-23-18(26-17)25-15-9-24-28(2)11-15/h9-11H,3-5,7-8,12-14H2,1-2H3,(H,23,25,26). The van der Waals surface area contributed by atoms with Crippen LogP contribution in [-0.4, -0.2) is 80.4 Å². The van der Waals surface area contributed by atoms with Crippen LogP contribution in [0.3, 0.4) is 0 Å². The second-order valence-electron chi connectivity index (χ2n) is 8.88. The minimum absolute atomic E-state index is 0.128. The fourth-order valence-corrected chi connectivity index (χ4v) is 5.00. The van der Waals surface area contributed by atoms with Gasteiger partial charge in [-0.05, 0) is 19.9 Å². The molecule has 1 aliphatic carbocycles. The van der Waals surface area contributed by atoms with Crippen molar-refractivity contribution >= 4 is 29.1 Å². The number of halogens is 1. The lowest BCUT2D eigenvalue weighted by Gasteiger charge is -2.58. The molecule has 2 aromatic rings. The number of nitrogens with zero attached hydrogens (tertiary/aromatic N) is 8. The van der Waals surface area contributed by atoms with E-state index in [1.165, 1.54) is 12.8 Å². The number of likely N-dealkylation sites (N-methyl/N-ethyl adjacent to an activating group) is 1. The number of nitriles is 1. The monoisotopic (exact) mass is 427 g/mol. The molecular weight excluding hydrogens is 402 g/mol. The zero-order valence-electron chi connectivity index (χ0n) is 17.3. The van der Waals surface area contributed by atoms with E-state index in [0.717, 1.165) is 38.4 Å². The van der Waals surface area contributed by atoms with Crippen LogP contribution in [0.4, 0.5) is 17.5 Å². The van der Waals surface area contributed by atoms with E-state index in [0.29, 0.717) is 28.7 Å². The summed E-state index contributed by atoms with van der Waals surface area (Å²) >= 11 is 6.45. The summed E-state index contributed by atoms with van der Waals surface area (Å²) in [5, 5.41) is 17.4. The molecule has 5 rings (SSSR count). The van der Waals surface area contributed by atoms with E-state index in [9.17, 15) is 5.26 Å². The van der Waals surface area contributed by atoms with E-state index in [1.54, 1.807) is 17.1 Å². The van der Waals surface area contributed by atoms with Crippen LogP contribution in [0, 0.1) is 11.3 Å². The topological polar surface area (TPSA) is 89.1 Å². The average Bonchev–Trinajstić information content (AvgIpc) is 3.35. The highest BCUT2D eigenvalue weighted by molar-refractivity contribution is 6.32. The number of aromatic nitrogens is 4. The number of aryl methyl sites for hydroxylation is 1. The summed E-state index contributed by atoms with van der Waals surface area (Å²) in [4.78, 5) is 16.1.